The first-order valence-electron chi connectivity index (χ1n) is 14.7. The van der Waals surface area contributed by atoms with Crippen LogP contribution in [0.1, 0.15) is 84.4 Å². The number of aromatic nitrogens is 2. The summed E-state index contributed by atoms with van der Waals surface area (Å²) in [5.74, 6) is 3.93. The molecule has 6 rings (SSSR count). The van der Waals surface area contributed by atoms with Crippen molar-refractivity contribution in [1.82, 2.24) is 9.97 Å². The minimum Gasteiger partial charge on any atom is -0.393 e. The maximum atomic E-state index is 12.7. The number of benzene rings is 1. The average molecular weight is 527 g/mol. The van der Waals surface area contributed by atoms with Crippen LogP contribution in [0.15, 0.2) is 23.0 Å². The molecule has 0 spiro atoms. The fourth-order valence-corrected chi connectivity index (χ4v) is 10.3. The summed E-state index contributed by atoms with van der Waals surface area (Å²) in [5, 5.41) is 22.7. The standard InChI is InChI=1S/C31H43ClN2O3/c1-17(7-10-26-33-24-6-4-5-23(32)28(24)29(37)34-26)20-8-9-21-27-22(12-14-31(20,21)3)30(2)13-11-19(35)15-18(30)16-25(27)36/h4-6,17-22,25,27,35-36H,7-16H2,1-3H3,(H,33,34,37)/t17-,18+,19-,20-,21+,22?,25-,27+,30+,31-/m1/s1. The number of aliphatic hydroxyl groups is 2. The van der Waals surface area contributed by atoms with Crippen molar-refractivity contribution in [1.29, 1.82) is 0 Å². The summed E-state index contributed by atoms with van der Waals surface area (Å²) >= 11 is 6.23. The minimum absolute atomic E-state index is 0.155. The topological polar surface area (TPSA) is 86.2 Å². The van der Waals surface area contributed by atoms with Gasteiger partial charge in [-0.05, 0) is 116 Å². The minimum atomic E-state index is -0.231. The number of fused-ring (bicyclic) bond motifs is 6. The van der Waals surface area contributed by atoms with Crippen LogP contribution in [-0.2, 0) is 6.42 Å². The fraction of sp³-hybridized carbons (Fsp3) is 0.742. The van der Waals surface area contributed by atoms with Crippen LogP contribution < -0.4 is 5.56 Å². The van der Waals surface area contributed by atoms with Crippen molar-refractivity contribution in [3.05, 3.63) is 39.4 Å². The van der Waals surface area contributed by atoms with E-state index in [4.69, 9.17) is 16.6 Å². The van der Waals surface area contributed by atoms with Crippen LogP contribution in [0.3, 0.4) is 0 Å². The second-order valence-corrected chi connectivity index (χ2v) is 14.0. The van der Waals surface area contributed by atoms with Crippen molar-refractivity contribution in [3.63, 3.8) is 0 Å². The van der Waals surface area contributed by atoms with Gasteiger partial charge < -0.3 is 15.2 Å². The first-order valence-corrected chi connectivity index (χ1v) is 15.0. The van der Waals surface area contributed by atoms with Gasteiger partial charge in [0.15, 0.2) is 0 Å². The number of halogens is 1. The highest BCUT2D eigenvalue weighted by molar-refractivity contribution is 6.35. The highest BCUT2D eigenvalue weighted by atomic mass is 35.5. The summed E-state index contributed by atoms with van der Waals surface area (Å²) in [4.78, 5) is 20.3. The Labute approximate surface area is 225 Å². The quantitative estimate of drug-likeness (QED) is 0.447. The molecule has 1 unspecified atom stereocenters. The smallest absolute Gasteiger partial charge is 0.260 e. The molecular weight excluding hydrogens is 484 g/mol. The van der Waals surface area contributed by atoms with Gasteiger partial charge in [0.05, 0.1) is 28.1 Å². The summed E-state index contributed by atoms with van der Waals surface area (Å²) in [6.45, 7) is 7.39. The van der Waals surface area contributed by atoms with E-state index in [1.54, 1.807) is 6.07 Å². The van der Waals surface area contributed by atoms with Gasteiger partial charge >= 0.3 is 0 Å². The molecule has 3 N–H and O–H groups in total. The second-order valence-electron chi connectivity index (χ2n) is 13.6. The predicted octanol–water partition coefficient (Wildman–Crippen LogP) is 6.14. The van der Waals surface area contributed by atoms with Gasteiger partial charge in [-0.2, -0.15) is 0 Å². The van der Waals surface area contributed by atoms with E-state index in [2.05, 4.69) is 25.8 Å². The van der Waals surface area contributed by atoms with Crippen LogP contribution in [-0.4, -0.2) is 32.4 Å². The number of nitrogens with zero attached hydrogens (tertiary/aromatic N) is 1. The maximum absolute atomic E-state index is 12.7. The number of H-pyrrole nitrogens is 1. The Morgan fingerprint density at radius 1 is 1.08 bits per heavy atom. The Hall–Kier alpha value is -1.43. The number of hydrogen-bond acceptors (Lipinski definition) is 4. The van der Waals surface area contributed by atoms with Crippen molar-refractivity contribution >= 4 is 22.5 Å². The van der Waals surface area contributed by atoms with Crippen molar-refractivity contribution in [2.75, 3.05) is 0 Å². The molecule has 4 aliphatic rings. The van der Waals surface area contributed by atoms with Gasteiger partial charge in [0.2, 0.25) is 0 Å². The molecule has 1 heterocycles. The van der Waals surface area contributed by atoms with Crippen LogP contribution in [0.5, 0.6) is 0 Å². The fourth-order valence-electron chi connectivity index (χ4n) is 10.1. The van der Waals surface area contributed by atoms with Crippen molar-refractivity contribution in [3.8, 4) is 0 Å². The summed E-state index contributed by atoms with van der Waals surface area (Å²) in [6, 6.07) is 5.44. The molecule has 10 atom stereocenters. The number of nitrogens with one attached hydrogen (secondary N) is 1. The lowest BCUT2D eigenvalue weighted by Crippen LogP contribution is -2.58. The molecule has 4 aliphatic carbocycles. The van der Waals surface area contributed by atoms with E-state index in [1.165, 1.54) is 25.7 Å². The number of aromatic amines is 1. The summed E-state index contributed by atoms with van der Waals surface area (Å²) in [5.41, 5.74) is 1.04. The third-order valence-electron chi connectivity index (χ3n) is 12.0. The Kier molecular flexibility index (Phi) is 6.52. The van der Waals surface area contributed by atoms with Gasteiger partial charge in [0.25, 0.3) is 5.56 Å². The zero-order valence-electron chi connectivity index (χ0n) is 22.5. The molecule has 0 amide bonds. The van der Waals surface area contributed by atoms with Crippen molar-refractivity contribution in [2.45, 2.75) is 97.2 Å². The molecule has 0 bridgehead atoms. The number of rotatable bonds is 4. The Balaban J connectivity index is 1.18. The van der Waals surface area contributed by atoms with Gasteiger partial charge in [0.1, 0.15) is 5.82 Å². The van der Waals surface area contributed by atoms with E-state index in [9.17, 15) is 15.0 Å². The molecule has 37 heavy (non-hydrogen) atoms. The van der Waals surface area contributed by atoms with Crippen molar-refractivity contribution < 1.29 is 10.2 Å². The largest absolute Gasteiger partial charge is 0.393 e. The monoisotopic (exact) mass is 526 g/mol. The van der Waals surface area contributed by atoms with Crippen LogP contribution in [0, 0.1) is 46.3 Å². The Morgan fingerprint density at radius 3 is 2.65 bits per heavy atom. The van der Waals surface area contributed by atoms with Gasteiger partial charge in [-0.1, -0.05) is 38.4 Å². The average Bonchev–Trinajstić information content (AvgIpc) is 3.21. The zero-order valence-corrected chi connectivity index (χ0v) is 23.3. The first-order chi connectivity index (χ1) is 17.6. The van der Waals surface area contributed by atoms with E-state index in [0.717, 1.165) is 44.3 Å². The van der Waals surface area contributed by atoms with Crippen LogP contribution in [0.4, 0.5) is 0 Å². The number of aliphatic hydroxyl groups excluding tert-OH is 2. The highest BCUT2D eigenvalue weighted by Crippen LogP contribution is 2.68. The third-order valence-corrected chi connectivity index (χ3v) is 12.3. The van der Waals surface area contributed by atoms with E-state index in [0.29, 0.717) is 51.4 Å². The molecule has 6 heteroatoms. The zero-order chi connectivity index (χ0) is 26.1. The molecular formula is C31H43ClN2O3. The number of aryl methyl sites for hydroxylation is 1. The van der Waals surface area contributed by atoms with E-state index in [-0.39, 0.29) is 28.6 Å². The molecule has 4 fully saturated rings. The lowest BCUT2D eigenvalue weighted by Gasteiger charge is -2.62. The normalized spacial score (nSPS) is 42.2. The van der Waals surface area contributed by atoms with E-state index >= 15 is 0 Å². The molecule has 4 saturated carbocycles. The number of hydrogen-bond donors (Lipinski definition) is 3. The Morgan fingerprint density at radius 2 is 1.84 bits per heavy atom. The van der Waals surface area contributed by atoms with Gasteiger partial charge in [-0.15, -0.1) is 0 Å². The summed E-state index contributed by atoms with van der Waals surface area (Å²) < 4.78 is 0. The van der Waals surface area contributed by atoms with E-state index < -0.39 is 0 Å². The molecule has 1 aromatic heterocycles. The van der Waals surface area contributed by atoms with Gasteiger partial charge in [0, 0.05) is 6.42 Å². The lowest BCUT2D eigenvalue weighted by molar-refractivity contribution is -0.174. The molecule has 5 nitrogen and oxygen atoms in total. The third kappa shape index (κ3) is 4.10. The Bertz CT molecular complexity index is 1230. The van der Waals surface area contributed by atoms with Crippen LogP contribution in [0.25, 0.3) is 10.9 Å². The van der Waals surface area contributed by atoms with Crippen LogP contribution >= 0.6 is 11.6 Å². The second kappa shape index (κ2) is 9.34. The van der Waals surface area contributed by atoms with Gasteiger partial charge in [-0.25, -0.2) is 4.98 Å². The highest BCUT2D eigenvalue weighted by Gasteiger charge is 2.62. The van der Waals surface area contributed by atoms with E-state index in [1.807, 2.05) is 12.1 Å². The molecule has 2 aromatic rings. The van der Waals surface area contributed by atoms with Crippen LogP contribution in [0.2, 0.25) is 5.02 Å². The molecule has 0 radical (unpaired) electrons. The molecule has 0 saturated heterocycles. The van der Waals surface area contributed by atoms with Gasteiger partial charge in [-0.3, -0.25) is 4.79 Å². The predicted molar refractivity (Wildman–Crippen MR) is 147 cm³/mol. The SMILES string of the molecule is C[C@H](CCc1nc2cccc(Cl)c2c(=O)[nH]1)[C@H]1CC[C@H]2[C@H]3C(CC[C@]12C)[C@@]1(C)CC[C@@H](O)C[C@H]1C[C@H]3O. The van der Waals surface area contributed by atoms with Crippen molar-refractivity contribution in [2.24, 2.45) is 46.3 Å². The molecule has 0 aliphatic heterocycles. The molecule has 1 aromatic carbocycles. The first kappa shape index (κ1) is 25.8. The summed E-state index contributed by atoms with van der Waals surface area (Å²) in [6.07, 6.45) is 10.0. The molecule has 202 valence electrons. The maximum Gasteiger partial charge on any atom is 0.260 e. The summed E-state index contributed by atoms with van der Waals surface area (Å²) in [7, 11) is 0. The lowest BCUT2D eigenvalue weighted by atomic mass is 9.43.